The molecule has 1 saturated heterocycles. The van der Waals surface area contributed by atoms with E-state index in [2.05, 4.69) is 42.2 Å². The molecule has 1 fully saturated rings. The van der Waals surface area contributed by atoms with Gasteiger partial charge in [-0.15, -0.1) is 0 Å². The van der Waals surface area contributed by atoms with Crippen LogP contribution in [0.3, 0.4) is 0 Å². The fourth-order valence-corrected chi connectivity index (χ4v) is 2.55. The van der Waals surface area contributed by atoms with Gasteiger partial charge in [-0.1, -0.05) is 43.7 Å². The number of nitrogens with zero attached hydrogens (tertiary/aromatic N) is 1. The zero-order valence-electron chi connectivity index (χ0n) is 10.1. The fraction of sp³-hybridized carbons (Fsp3) is 0.533. The summed E-state index contributed by atoms with van der Waals surface area (Å²) in [7, 11) is 0. The summed E-state index contributed by atoms with van der Waals surface area (Å²) in [6.45, 7) is 7.67. The first-order valence-corrected chi connectivity index (χ1v) is 6.46. The summed E-state index contributed by atoms with van der Waals surface area (Å²) in [5.74, 6) is 0.789. The summed E-state index contributed by atoms with van der Waals surface area (Å²) >= 11 is 0. The molecule has 0 atom stereocenters. The Labute approximate surface area is 99.5 Å². The molecular weight excluding hydrogens is 194 g/mol. The van der Waals surface area contributed by atoms with Crippen LogP contribution >= 0.6 is 0 Å². The van der Waals surface area contributed by atoms with Gasteiger partial charge in [0.2, 0.25) is 0 Å². The van der Waals surface area contributed by atoms with Crippen molar-refractivity contribution >= 4 is 0 Å². The predicted octanol–water partition coefficient (Wildman–Crippen LogP) is 3.48. The zero-order valence-corrected chi connectivity index (χ0v) is 10.1. The third-order valence-electron chi connectivity index (χ3n) is 3.58. The van der Waals surface area contributed by atoms with E-state index in [9.17, 15) is 0 Å². The highest BCUT2D eigenvalue weighted by atomic mass is 15.1. The fourth-order valence-electron chi connectivity index (χ4n) is 2.55. The molecule has 2 rings (SSSR count). The first-order valence-electron chi connectivity index (χ1n) is 6.46. The van der Waals surface area contributed by atoms with Crippen molar-refractivity contribution in [3.8, 4) is 0 Å². The highest BCUT2D eigenvalue weighted by molar-refractivity contribution is 5.19. The van der Waals surface area contributed by atoms with Gasteiger partial charge in [0.25, 0.3) is 0 Å². The van der Waals surface area contributed by atoms with E-state index in [0.717, 1.165) is 12.3 Å². The first kappa shape index (κ1) is 11.7. The van der Waals surface area contributed by atoms with Gasteiger partial charge in [-0.3, -0.25) is 0 Å². The zero-order chi connectivity index (χ0) is 11.2. The van der Waals surface area contributed by atoms with E-state index < -0.39 is 0 Å². The molecule has 0 aromatic heterocycles. The lowest BCUT2D eigenvalue weighted by atomic mass is 9.89. The van der Waals surface area contributed by atoms with Crippen LogP contribution in [0.5, 0.6) is 0 Å². The van der Waals surface area contributed by atoms with E-state index in [0.29, 0.717) is 0 Å². The Morgan fingerprint density at radius 3 is 2.44 bits per heavy atom. The van der Waals surface area contributed by atoms with Crippen LogP contribution in [0.4, 0.5) is 0 Å². The second-order valence-electron chi connectivity index (χ2n) is 4.73. The predicted molar refractivity (Wildman–Crippen MR) is 69.4 cm³/mol. The molecule has 87 valence electrons. The molecule has 1 aromatic rings. The molecule has 1 aromatic carbocycles. The Bertz CT molecular complexity index is 286. The Balaban J connectivity index is 1.81. The Hall–Kier alpha value is -0.820. The molecule has 1 radical (unpaired) electrons. The molecule has 1 aliphatic rings. The van der Waals surface area contributed by atoms with Crippen LogP contribution in [0.25, 0.3) is 0 Å². The van der Waals surface area contributed by atoms with Gasteiger partial charge in [-0.25, -0.2) is 0 Å². The number of unbranched alkanes of at least 4 members (excludes halogenated alkanes) is 1. The number of hydrogen-bond acceptors (Lipinski definition) is 1. The molecule has 0 saturated carbocycles. The maximum absolute atomic E-state index is 3.91. The van der Waals surface area contributed by atoms with Crippen LogP contribution in [0, 0.1) is 6.92 Å². The van der Waals surface area contributed by atoms with E-state index in [1.54, 1.807) is 0 Å². The van der Waals surface area contributed by atoms with Crippen molar-refractivity contribution < 1.29 is 0 Å². The number of piperidine rings is 1. The van der Waals surface area contributed by atoms with Gasteiger partial charge in [0.05, 0.1) is 0 Å². The van der Waals surface area contributed by atoms with Crippen LogP contribution in [-0.2, 0) is 0 Å². The van der Waals surface area contributed by atoms with E-state index in [1.807, 2.05) is 0 Å². The van der Waals surface area contributed by atoms with Crippen molar-refractivity contribution in [1.82, 2.24) is 4.90 Å². The molecule has 1 heterocycles. The molecule has 0 bridgehead atoms. The van der Waals surface area contributed by atoms with Gasteiger partial charge in [0.1, 0.15) is 0 Å². The molecule has 1 nitrogen and oxygen atoms in total. The third-order valence-corrected chi connectivity index (χ3v) is 3.58. The monoisotopic (exact) mass is 216 g/mol. The molecule has 0 unspecified atom stereocenters. The molecule has 16 heavy (non-hydrogen) atoms. The number of likely N-dealkylation sites (tertiary alicyclic amines) is 1. The highest BCUT2D eigenvalue weighted by Crippen LogP contribution is 2.27. The van der Waals surface area contributed by atoms with E-state index in [-0.39, 0.29) is 0 Å². The van der Waals surface area contributed by atoms with Crippen molar-refractivity contribution in [3.05, 3.63) is 42.8 Å². The lowest BCUT2D eigenvalue weighted by molar-refractivity contribution is 0.210. The average molecular weight is 216 g/mol. The summed E-state index contributed by atoms with van der Waals surface area (Å²) in [5.41, 5.74) is 1.53. The standard InChI is InChI=1S/C15H22N/c1-2-3-11-16-12-9-15(10-13-16)14-7-5-4-6-8-14/h4-8,15H,1-3,9-13H2. The summed E-state index contributed by atoms with van der Waals surface area (Å²) in [6.07, 6.45) is 4.96. The molecule has 1 aliphatic heterocycles. The van der Waals surface area contributed by atoms with Crippen LogP contribution in [0.15, 0.2) is 30.3 Å². The van der Waals surface area contributed by atoms with E-state index in [1.165, 1.54) is 44.5 Å². The highest BCUT2D eigenvalue weighted by Gasteiger charge is 2.19. The molecule has 0 amide bonds. The largest absolute Gasteiger partial charge is 0.303 e. The first-order chi connectivity index (χ1) is 7.90. The van der Waals surface area contributed by atoms with Gasteiger partial charge >= 0.3 is 0 Å². The summed E-state index contributed by atoms with van der Waals surface area (Å²) < 4.78 is 0. The van der Waals surface area contributed by atoms with Gasteiger partial charge in [0.15, 0.2) is 0 Å². The maximum Gasteiger partial charge on any atom is -0.00129 e. The second kappa shape index (κ2) is 6.05. The molecule has 1 heteroatoms. The summed E-state index contributed by atoms with van der Waals surface area (Å²) in [5, 5.41) is 0. The van der Waals surface area contributed by atoms with E-state index >= 15 is 0 Å². The third kappa shape index (κ3) is 3.08. The van der Waals surface area contributed by atoms with Crippen molar-refractivity contribution in [2.24, 2.45) is 0 Å². The minimum atomic E-state index is 0.789. The van der Waals surface area contributed by atoms with Crippen molar-refractivity contribution in [1.29, 1.82) is 0 Å². The second-order valence-corrected chi connectivity index (χ2v) is 4.73. The number of rotatable bonds is 4. The smallest absolute Gasteiger partial charge is 0.00129 e. The van der Waals surface area contributed by atoms with Crippen LogP contribution in [-0.4, -0.2) is 24.5 Å². The lowest BCUT2D eigenvalue weighted by Gasteiger charge is -2.32. The SMILES string of the molecule is [CH2]CCCN1CCC(c2ccccc2)CC1. The molecule has 0 spiro atoms. The van der Waals surface area contributed by atoms with Gasteiger partial charge in [-0.05, 0) is 50.4 Å². The van der Waals surface area contributed by atoms with Gasteiger partial charge in [-0.2, -0.15) is 0 Å². The molecule has 0 N–H and O–H groups in total. The van der Waals surface area contributed by atoms with Gasteiger partial charge in [0, 0.05) is 0 Å². The summed E-state index contributed by atoms with van der Waals surface area (Å²) in [6, 6.07) is 11.0. The topological polar surface area (TPSA) is 3.24 Å². The Morgan fingerprint density at radius 2 is 1.81 bits per heavy atom. The molecule has 0 aliphatic carbocycles. The number of hydrogen-bond donors (Lipinski definition) is 0. The molecular formula is C15H22N. The minimum absolute atomic E-state index is 0.789. The van der Waals surface area contributed by atoms with Crippen molar-refractivity contribution in [2.75, 3.05) is 19.6 Å². The van der Waals surface area contributed by atoms with E-state index in [4.69, 9.17) is 0 Å². The number of benzene rings is 1. The summed E-state index contributed by atoms with van der Waals surface area (Å²) in [4.78, 5) is 2.59. The Morgan fingerprint density at radius 1 is 1.12 bits per heavy atom. The van der Waals surface area contributed by atoms with Crippen LogP contribution in [0.1, 0.15) is 37.2 Å². The van der Waals surface area contributed by atoms with Crippen LogP contribution < -0.4 is 0 Å². The van der Waals surface area contributed by atoms with Crippen molar-refractivity contribution in [2.45, 2.75) is 31.6 Å². The normalized spacial score (nSPS) is 18.8. The maximum atomic E-state index is 3.91. The quantitative estimate of drug-likeness (QED) is 0.745. The lowest BCUT2D eigenvalue weighted by Crippen LogP contribution is -2.33. The average Bonchev–Trinajstić information content (AvgIpc) is 2.38. The van der Waals surface area contributed by atoms with Gasteiger partial charge < -0.3 is 4.90 Å². The van der Waals surface area contributed by atoms with Crippen molar-refractivity contribution in [3.63, 3.8) is 0 Å². The Kier molecular flexibility index (Phi) is 4.41. The van der Waals surface area contributed by atoms with Crippen LogP contribution in [0.2, 0.25) is 0 Å². The minimum Gasteiger partial charge on any atom is -0.303 e.